The first-order valence-corrected chi connectivity index (χ1v) is 17.0. The molecule has 1 heterocycles. The van der Waals surface area contributed by atoms with E-state index in [1.54, 1.807) is 48.5 Å². The average molecular weight is 699 g/mol. The Balaban J connectivity index is 1.34. The highest BCUT2D eigenvalue weighted by Gasteiger charge is 2.30. The van der Waals surface area contributed by atoms with Crippen LogP contribution in [0.2, 0.25) is 0 Å². The number of primary amides is 1. The quantitative estimate of drug-likeness (QED) is 0.116. The summed E-state index contributed by atoms with van der Waals surface area (Å²) < 4.78 is 5.46. The van der Waals surface area contributed by atoms with E-state index in [-0.39, 0.29) is 55.5 Å². The maximum atomic E-state index is 13.5. The summed E-state index contributed by atoms with van der Waals surface area (Å²) in [5.74, 6) is -1.85. The smallest absolute Gasteiger partial charge is 0.243 e. The molecule has 2 atom stereocenters. The predicted octanol–water partition coefficient (Wildman–Crippen LogP) is 1.88. The van der Waals surface area contributed by atoms with Gasteiger partial charge in [0.05, 0.1) is 12.7 Å². The van der Waals surface area contributed by atoms with Crippen LogP contribution in [0.1, 0.15) is 60.6 Å². The second kappa shape index (κ2) is 18.9. The SMILES string of the molecule is C=CC(=O)NCc1ccc(C[C@H](NC(=O)Cc2ccccc2CNC(=O)[C@H](Cc2ccco2)NC(=O)C2CCC(NC(C)=O)CC2)C(N)=O)cc1. The number of hydrogen-bond donors (Lipinski definition) is 6. The van der Waals surface area contributed by atoms with Crippen molar-refractivity contribution in [3.63, 3.8) is 0 Å². The molecule has 1 aliphatic rings. The zero-order chi connectivity index (χ0) is 36.8. The van der Waals surface area contributed by atoms with E-state index in [1.807, 2.05) is 12.1 Å². The number of nitrogens with one attached hydrogen (secondary N) is 5. The Bertz CT molecular complexity index is 1680. The van der Waals surface area contributed by atoms with Crippen molar-refractivity contribution in [2.45, 2.75) is 83.1 Å². The summed E-state index contributed by atoms with van der Waals surface area (Å²) in [6.07, 6.45) is 5.52. The molecular formula is C38H46N6O7. The van der Waals surface area contributed by atoms with Crippen LogP contribution < -0.4 is 32.3 Å². The number of benzene rings is 2. The molecule has 0 spiro atoms. The number of rotatable bonds is 17. The molecule has 1 aromatic heterocycles. The summed E-state index contributed by atoms with van der Waals surface area (Å²) in [7, 11) is 0. The molecule has 2 aromatic carbocycles. The summed E-state index contributed by atoms with van der Waals surface area (Å²) in [6.45, 7) is 5.31. The summed E-state index contributed by atoms with van der Waals surface area (Å²) >= 11 is 0. The summed E-state index contributed by atoms with van der Waals surface area (Å²) in [5.41, 5.74) is 8.60. The zero-order valence-electron chi connectivity index (χ0n) is 28.7. The van der Waals surface area contributed by atoms with Crippen molar-refractivity contribution in [2.24, 2.45) is 11.7 Å². The molecule has 1 fully saturated rings. The first kappa shape index (κ1) is 38.1. The molecule has 1 saturated carbocycles. The lowest BCUT2D eigenvalue weighted by Crippen LogP contribution is -2.50. The van der Waals surface area contributed by atoms with Crippen LogP contribution in [0.15, 0.2) is 84.0 Å². The van der Waals surface area contributed by atoms with Gasteiger partial charge in [-0.1, -0.05) is 55.1 Å². The van der Waals surface area contributed by atoms with Crippen molar-refractivity contribution in [3.05, 3.63) is 108 Å². The van der Waals surface area contributed by atoms with Crippen molar-refractivity contribution in [1.82, 2.24) is 26.6 Å². The van der Waals surface area contributed by atoms with Gasteiger partial charge in [0, 0.05) is 44.8 Å². The molecule has 1 aliphatic carbocycles. The van der Waals surface area contributed by atoms with Gasteiger partial charge in [-0.25, -0.2) is 0 Å². The van der Waals surface area contributed by atoms with Crippen LogP contribution in [-0.4, -0.2) is 53.6 Å². The van der Waals surface area contributed by atoms with Gasteiger partial charge in [0.25, 0.3) is 0 Å². The maximum absolute atomic E-state index is 13.5. The molecular weight excluding hydrogens is 652 g/mol. The maximum Gasteiger partial charge on any atom is 0.243 e. The van der Waals surface area contributed by atoms with Crippen molar-refractivity contribution < 1.29 is 33.2 Å². The topological polar surface area (TPSA) is 202 Å². The van der Waals surface area contributed by atoms with Gasteiger partial charge in [0.1, 0.15) is 17.8 Å². The molecule has 13 heteroatoms. The third kappa shape index (κ3) is 12.3. The predicted molar refractivity (Wildman–Crippen MR) is 189 cm³/mol. The second-order valence-electron chi connectivity index (χ2n) is 12.7. The van der Waals surface area contributed by atoms with Gasteiger partial charge in [-0.15, -0.1) is 0 Å². The minimum absolute atomic E-state index is 0.0419. The van der Waals surface area contributed by atoms with Crippen LogP contribution in [0.4, 0.5) is 0 Å². The van der Waals surface area contributed by atoms with Crippen molar-refractivity contribution in [1.29, 1.82) is 0 Å². The first-order chi connectivity index (χ1) is 24.5. The zero-order valence-corrected chi connectivity index (χ0v) is 28.7. The second-order valence-corrected chi connectivity index (χ2v) is 12.7. The Morgan fingerprint density at radius 3 is 2.14 bits per heavy atom. The fourth-order valence-corrected chi connectivity index (χ4v) is 6.06. The van der Waals surface area contributed by atoms with Crippen LogP contribution in [0.25, 0.3) is 0 Å². The molecule has 7 N–H and O–H groups in total. The fraction of sp³-hybridized carbons (Fsp3) is 0.368. The van der Waals surface area contributed by atoms with Crippen LogP contribution >= 0.6 is 0 Å². The minimum Gasteiger partial charge on any atom is -0.469 e. The Morgan fingerprint density at radius 1 is 0.824 bits per heavy atom. The number of furan rings is 1. The molecule has 0 radical (unpaired) electrons. The van der Waals surface area contributed by atoms with Crippen molar-refractivity contribution >= 4 is 35.4 Å². The number of nitrogens with two attached hydrogens (primary N) is 1. The van der Waals surface area contributed by atoms with E-state index >= 15 is 0 Å². The molecule has 0 unspecified atom stereocenters. The monoisotopic (exact) mass is 698 g/mol. The lowest BCUT2D eigenvalue weighted by Gasteiger charge is -2.29. The van der Waals surface area contributed by atoms with Gasteiger partial charge >= 0.3 is 0 Å². The molecule has 13 nitrogen and oxygen atoms in total. The lowest BCUT2D eigenvalue weighted by molar-refractivity contribution is -0.132. The van der Waals surface area contributed by atoms with E-state index in [0.717, 1.165) is 11.1 Å². The van der Waals surface area contributed by atoms with Gasteiger partial charge in [0.2, 0.25) is 35.4 Å². The van der Waals surface area contributed by atoms with Crippen molar-refractivity contribution in [2.75, 3.05) is 0 Å². The molecule has 0 saturated heterocycles. The third-order valence-electron chi connectivity index (χ3n) is 8.84. The van der Waals surface area contributed by atoms with Crippen LogP contribution in [0.5, 0.6) is 0 Å². The normalized spacial score (nSPS) is 16.5. The van der Waals surface area contributed by atoms with E-state index in [1.165, 1.54) is 19.3 Å². The van der Waals surface area contributed by atoms with E-state index in [4.69, 9.17) is 10.2 Å². The van der Waals surface area contributed by atoms with E-state index in [9.17, 15) is 28.8 Å². The largest absolute Gasteiger partial charge is 0.469 e. The van der Waals surface area contributed by atoms with Crippen LogP contribution in [0.3, 0.4) is 0 Å². The van der Waals surface area contributed by atoms with Gasteiger partial charge in [-0.3, -0.25) is 28.8 Å². The molecule has 270 valence electrons. The van der Waals surface area contributed by atoms with E-state index < -0.39 is 29.8 Å². The Hall–Kier alpha value is -5.72. The summed E-state index contributed by atoms with van der Waals surface area (Å²) in [4.78, 5) is 75.0. The summed E-state index contributed by atoms with van der Waals surface area (Å²) in [6, 6.07) is 16.0. The summed E-state index contributed by atoms with van der Waals surface area (Å²) in [5, 5.41) is 14.1. The molecule has 0 aliphatic heterocycles. The van der Waals surface area contributed by atoms with Gasteiger partial charge in [-0.2, -0.15) is 0 Å². The Morgan fingerprint density at radius 2 is 1.51 bits per heavy atom. The number of amides is 6. The lowest BCUT2D eigenvalue weighted by atomic mass is 9.85. The molecule has 6 amide bonds. The standard InChI is InChI=1S/C38H46N6O7/c1-3-34(46)40-22-26-12-10-25(11-13-26)19-32(36(39)48)43-35(47)20-28-7-4-5-8-29(28)23-41-38(50)33(21-31-9-6-18-51-31)44-37(49)27-14-16-30(17-15-27)42-24(2)45/h3-13,18,27,30,32-33H,1,14-17,19-23H2,2H3,(H2,39,48)(H,40,46)(H,41,50)(H,42,45)(H,43,47)(H,44,49)/t27?,30?,32-,33-/m0/s1. The highest BCUT2D eigenvalue weighted by atomic mass is 16.3. The number of carbonyl (C=O) groups excluding carboxylic acids is 6. The average Bonchev–Trinajstić information content (AvgIpc) is 3.63. The number of carbonyl (C=O) groups is 6. The van der Waals surface area contributed by atoms with Gasteiger partial charge in [-0.05, 0) is 66.1 Å². The van der Waals surface area contributed by atoms with Crippen LogP contribution in [0, 0.1) is 5.92 Å². The molecule has 0 bridgehead atoms. The van der Waals surface area contributed by atoms with Crippen molar-refractivity contribution in [3.8, 4) is 0 Å². The van der Waals surface area contributed by atoms with Crippen LogP contribution in [-0.2, 0) is 61.1 Å². The highest BCUT2D eigenvalue weighted by molar-refractivity contribution is 5.89. The van der Waals surface area contributed by atoms with Gasteiger partial charge < -0.3 is 36.7 Å². The minimum atomic E-state index is -0.956. The molecule has 3 aromatic rings. The van der Waals surface area contributed by atoms with E-state index in [0.29, 0.717) is 49.1 Å². The molecule has 4 rings (SSSR count). The first-order valence-electron chi connectivity index (χ1n) is 17.0. The van der Waals surface area contributed by atoms with Gasteiger partial charge in [0.15, 0.2) is 0 Å². The highest BCUT2D eigenvalue weighted by Crippen LogP contribution is 2.25. The third-order valence-corrected chi connectivity index (χ3v) is 8.84. The van der Waals surface area contributed by atoms with E-state index in [2.05, 4.69) is 33.2 Å². The Labute approximate surface area is 297 Å². The molecule has 51 heavy (non-hydrogen) atoms. The Kier molecular flexibility index (Phi) is 14.1. The fourth-order valence-electron chi connectivity index (χ4n) is 6.06. The number of hydrogen-bond acceptors (Lipinski definition) is 7.